The molecule has 0 aromatic rings. The molecule has 1 aliphatic heterocycles. The van der Waals surface area contributed by atoms with Crippen LogP contribution >= 0.6 is 0 Å². The molecule has 0 aromatic heterocycles. The van der Waals surface area contributed by atoms with Gasteiger partial charge in [-0.3, -0.25) is 9.69 Å². The Morgan fingerprint density at radius 2 is 2.39 bits per heavy atom. The summed E-state index contributed by atoms with van der Waals surface area (Å²) in [5.74, 6) is 0.116. The van der Waals surface area contributed by atoms with Gasteiger partial charge in [0, 0.05) is 39.6 Å². The van der Waals surface area contributed by atoms with Gasteiger partial charge in [0.2, 0.25) is 5.91 Å². The fraction of sp³-hybridized carbons (Fsp3) is 0.846. The van der Waals surface area contributed by atoms with E-state index in [0.717, 1.165) is 32.7 Å². The molecule has 1 unspecified atom stereocenters. The van der Waals surface area contributed by atoms with Gasteiger partial charge < -0.3 is 9.64 Å². The lowest BCUT2D eigenvalue weighted by atomic mass is 10.2. The smallest absolute Gasteiger partial charge is 0.223 e. The molecule has 1 rings (SSSR count). The zero-order chi connectivity index (χ0) is 13.4. The van der Waals surface area contributed by atoms with Gasteiger partial charge in [0.05, 0.1) is 25.2 Å². The minimum absolute atomic E-state index is 0.116. The molecule has 0 saturated carbocycles. The standard InChI is InChI=1S/C13H23N3O2/c1-3-12-11-16(9-10-18-12)8-5-13(17)15(2)7-4-6-14/h12H,3-5,7-11H2,1-2H3. The van der Waals surface area contributed by atoms with Gasteiger partial charge in [0.25, 0.3) is 0 Å². The number of nitrogens with zero attached hydrogens (tertiary/aromatic N) is 3. The number of carbonyl (C=O) groups excluding carboxylic acids is 1. The molecule has 0 spiro atoms. The first-order valence-electron chi connectivity index (χ1n) is 6.62. The number of carbonyl (C=O) groups is 1. The fourth-order valence-electron chi connectivity index (χ4n) is 2.02. The summed E-state index contributed by atoms with van der Waals surface area (Å²) in [7, 11) is 1.76. The normalized spacial score (nSPS) is 20.4. The summed E-state index contributed by atoms with van der Waals surface area (Å²) < 4.78 is 5.59. The van der Waals surface area contributed by atoms with Crippen LogP contribution in [0.4, 0.5) is 0 Å². The van der Waals surface area contributed by atoms with Crippen LogP contribution < -0.4 is 0 Å². The monoisotopic (exact) mass is 253 g/mol. The van der Waals surface area contributed by atoms with Crippen molar-refractivity contribution >= 4 is 5.91 Å². The van der Waals surface area contributed by atoms with Crippen LogP contribution in [0.1, 0.15) is 26.2 Å². The van der Waals surface area contributed by atoms with Crippen LogP contribution in [-0.2, 0) is 9.53 Å². The van der Waals surface area contributed by atoms with E-state index in [1.165, 1.54) is 0 Å². The Balaban J connectivity index is 2.23. The summed E-state index contributed by atoms with van der Waals surface area (Å²) in [4.78, 5) is 15.7. The van der Waals surface area contributed by atoms with Gasteiger partial charge in [-0.05, 0) is 6.42 Å². The zero-order valence-electron chi connectivity index (χ0n) is 11.4. The molecule has 0 bridgehead atoms. The maximum Gasteiger partial charge on any atom is 0.223 e. The Morgan fingerprint density at radius 3 is 3.06 bits per heavy atom. The van der Waals surface area contributed by atoms with Crippen LogP contribution in [0.25, 0.3) is 0 Å². The maximum atomic E-state index is 11.8. The summed E-state index contributed by atoms with van der Waals surface area (Å²) in [6.45, 7) is 6.02. The lowest BCUT2D eigenvalue weighted by Crippen LogP contribution is -2.43. The van der Waals surface area contributed by atoms with Gasteiger partial charge in [-0.2, -0.15) is 5.26 Å². The van der Waals surface area contributed by atoms with Crippen molar-refractivity contribution in [2.75, 3.05) is 39.8 Å². The highest BCUT2D eigenvalue weighted by atomic mass is 16.5. The van der Waals surface area contributed by atoms with E-state index in [-0.39, 0.29) is 5.91 Å². The molecule has 0 aliphatic carbocycles. The Hall–Kier alpha value is -1.12. The summed E-state index contributed by atoms with van der Waals surface area (Å²) in [5, 5.41) is 8.48. The fourth-order valence-corrected chi connectivity index (χ4v) is 2.02. The van der Waals surface area contributed by atoms with Crippen LogP contribution in [-0.4, -0.2) is 61.6 Å². The van der Waals surface area contributed by atoms with Gasteiger partial charge in [-0.15, -0.1) is 0 Å². The highest BCUT2D eigenvalue weighted by Crippen LogP contribution is 2.08. The predicted molar refractivity (Wildman–Crippen MR) is 69.0 cm³/mol. The number of hydrogen-bond acceptors (Lipinski definition) is 4. The first-order chi connectivity index (χ1) is 8.67. The van der Waals surface area contributed by atoms with Crippen molar-refractivity contribution in [3.05, 3.63) is 0 Å². The van der Waals surface area contributed by atoms with Crippen molar-refractivity contribution in [3.8, 4) is 6.07 Å². The van der Waals surface area contributed by atoms with E-state index in [1.54, 1.807) is 11.9 Å². The first kappa shape index (κ1) is 14.9. The van der Waals surface area contributed by atoms with Gasteiger partial charge in [0.15, 0.2) is 0 Å². The van der Waals surface area contributed by atoms with Gasteiger partial charge in [0.1, 0.15) is 0 Å². The summed E-state index contributed by atoms with van der Waals surface area (Å²) in [6.07, 6.45) is 2.26. The predicted octanol–water partition coefficient (Wildman–Crippen LogP) is 0.859. The summed E-state index contributed by atoms with van der Waals surface area (Å²) in [6, 6.07) is 2.05. The quantitative estimate of drug-likeness (QED) is 0.704. The van der Waals surface area contributed by atoms with Crippen LogP contribution in [0, 0.1) is 11.3 Å². The van der Waals surface area contributed by atoms with E-state index in [0.29, 0.717) is 25.5 Å². The molecule has 1 atom stereocenters. The SMILES string of the molecule is CCC1CN(CCC(=O)N(C)CCC#N)CCO1. The van der Waals surface area contributed by atoms with E-state index in [4.69, 9.17) is 10.00 Å². The van der Waals surface area contributed by atoms with Crippen molar-refractivity contribution < 1.29 is 9.53 Å². The van der Waals surface area contributed by atoms with E-state index < -0.39 is 0 Å². The van der Waals surface area contributed by atoms with E-state index in [1.807, 2.05) is 0 Å². The Bertz CT molecular complexity index is 301. The van der Waals surface area contributed by atoms with Crippen molar-refractivity contribution in [1.82, 2.24) is 9.80 Å². The number of morpholine rings is 1. The van der Waals surface area contributed by atoms with E-state index in [9.17, 15) is 4.79 Å². The molecule has 1 fully saturated rings. The molecular weight excluding hydrogens is 230 g/mol. The summed E-state index contributed by atoms with van der Waals surface area (Å²) in [5.41, 5.74) is 0. The average Bonchev–Trinajstić information content (AvgIpc) is 2.42. The molecule has 1 amide bonds. The molecule has 0 N–H and O–H groups in total. The van der Waals surface area contributed by atoms with Crippen molar-refractivity contribution in [1.29, 1.82) is 5.26 Å². The Morgan fingerprint density at radius 1 is 1.61 bits per heavy atom. The number of nitriles is 1. The van der Waals surface area contributed by atoms with E-state index >= 15 is 0 Å². The molecule has 0 radical (unpaired) electrons. The largest absolute Gasteiger partial charge is 0.376 e. The third-order valence-electron chi connectivity index (χ3n) is 3.30. The maximum absolute atomic E-state index is 11.8. The summed E-state index contributed by atoms with van der Waals surface area (Å²) >= 11 is 0. The highest BCUT2D eigenvalue weighted by molar-refractivity contribution is 5.76. The van der Waals surface area contributed by atoms with Crippen molar-refractivity contribution in [2.45, 2.75) is 32.3 Å². The molecule has 0 aromatic carbocycles. The minimum atomic E-state index is 0.116. The third-order valence-corrected chi connectivity index (χ3v) is 3.30. The second-order valence-corrected chi connectivity index (χ2v) is 4.68. The lowest BCUT2D eigenvalue weighted by Gasteiger charge is -2.32. The number of rotatable bonds is 6. The van der Waals surface area contributed by atoms with Crippen LogP contribution in [0.15, 0.2) is 0 Å². The van der Waals surface area contributed by atoms with Crippen LogP contribution in [0.3, 0.4) is 0 Å². The molecule has 1 aliphatic rings. The van der Waals surface area contributed by atoms with Crippen LogP contribution in [0.5, 0.6) is 0 Å². The molecule has 1 heterocycles. The van der Waals surface area contributed by atoms with E-state index in [2.05, 4.69) is 17.9 Å². The third kappa shape index (κ3) is 5.03. The first-order valence-corrected chi connectivity index (χ1v) is 6.62. The molecule has 5 heteroatoms. The Kier molecular flexibility index (Phi) is 6.69. The zero-order valence-corrected chi connectivity index (χ0v) is 11.4. The molecule has 18 heavy (non-hydrogen) atoms. The highest BCUT2D eigenvalue weighted by Gasteiger charge is 2.19. The topological polar surface area (TPSA) is 56.6 Å². The van der Waals surface area contributed by atoms with Gasteiger partial charge >= 0.3 is 0 Å². The second kappa shape index (κ2) is 8.06. The second-order valence-electron chi connectivity index (χ2n) is 4.68. The average molecular weight is 253 g/mol. The van der Waals surface area contributed by atoms with Gasteiger partial charge in [-0.25, -0.2) is 0 Å². The number of amides is 1. The lowest BCUT2D eigenvalue weighted by molar-refractivity contribution is -0.130. The van der Waals surface area contributed by atoms with Gasteiger partial charge in [-0.1, -0.05) is 6.92 Å². The number of ether oxygens (including phenoxy) is 1. The van der Waals surface area contributed by atoms with Crippen molar-refractivity contribution in [2.24, 2.45) is 0 Å². The molecule has 102 valence electrons. The molecular formula is C13H23N3O2. The molecule has 5 nitrogen and oxygen atoms in total. The minimum Gasteiger partial charge on any atom is -0.376 e. The van der Waals surface area contributed by atoms with Crippen molar-refractivity contribution in [3.63, 3.8) is 0 Å². The Labute approximate surface area is 109 Å². The number of hydrogen-bond donors (Lipinski definition) is 0. The van der Waals surface area contributed by atoms with Crippen LogP contribution in [0.2, 0.25) is 0 Å². The molecule has 1 saturated heterocycles.